The Morgan fingerprint density at radius 1 is 1.08 bits per heavy atom. The van der Waals surface area contributed by atoms with Crippen molar-refractivity contribution >= 4 is 5.91 Å². The largest absolute Gasteiger partial charge is 0.497 e. The van der Waals surface area contributed by atoms with E-state index in [2.05, 4.69) is 10.1 Å². The van der Waals surface area contributed by atoms with Crippen LogP contribution in [0.5, 0.6) is 11.5 Å². The summed E-state index contributed by atoms with van der Waals surface area (Å²) in [6, 6.07) is 13.8. The van der Waals surface area contributed by atoms with E-state index in [1.54, 1.807) is 19.2 Å². The van der Waals surface area contributed by atoms with Crippen LogP contribution in [0.2, 0.25) is 0 Å². The summed E-state index contributed by atoms with van der Waals surface area (Å²) in [5.74, 6) is 1.22. The van der Waals surface area contributed by atoms with Crippen LogP contribution in [0, 0.1) is 5.92 Å². The lowest BCUT2D eigenvalue weighted by atomic mass is 10.0. The Hall–Kier alpha value is -2.63. The SMILES string of the molecule is COc1ccc(C(NC(=O)Cc2ccc(OC(F)F)cc2)C2CC2)cc1. The number of amides is 1. The molecule has 1 unspecified atom stereocenters. The molecule has 1 aliphatic carbocycles. The van der Waals surface area contributed by atoms with E-state index < -0.39 is 6.61 Å². The smallest absolute Gasteiger partial charge is 0.387 e. The summed E-state index contributed by atoms with van der Waals surface area (Å²) in [6.07, 6.45) is 2.38. The number of methoxy groups -OCH3 is 1. The van der Waals surface area contributed by atoms with Gasteiger partial charge >= 0.3 is 6.61 Å². The van der Waals surface area contributed by atoms with E-state index in [-0.39, 0.29) is 24.1 Å². The van der Waals surface area contributed by atoms with Crippen molar-refractivity contribution in [2.75, 3.05) is 7.11 Å². The maximum absolute atomic E-state index is 12.4. The van der Waals surface area contributed by atoms with Gasteiger partial charge in [0.25, 0.3) is 0 Å². The van der Waals surface area contributed by atoms with Gasteiger partial charge in [-0.15, -0.1) is 0 Å². The fraction of sp³-hybridized carbons (Fsp3) is 0.350. The molecule has 1 saturated carbocycles. The fourth-order valence-corrected chi connectivity index (χ4v) is 2.91. The highest BCUT2D eigenvalue weighted by Gasteiger charge is 2.33. The van der Waals surface area contributed by atoms with Crippen molar-refractivity contribution in [2.45, 2.75) is 31.9 Å². The predicted octanol–water partition coefficient (Wildman–Crippen LogP) is 4.11. The molecule has 0 radical (unpaired) electrons. The van der Waals surface area contributed by atoms with E-state index in [1.807, 2.05) is 24.3 Å². The Bertz CT molecular complexity index is 728. The average Bonchev–Trinajstić information content (AvgIpc) is 3.46. The molecule has 1 amide bonds. The maximum Gasteiger partial charge on any atom is 0.387 e. The summed E-state index contributed by atoms with van der Waals surface area (Å²) >= 11 is 0. The van der Waals surface area contributed by atoms with Crippen LogP contribution in [0.25, 0.3) is 0 Å². The Morgan fingerprint density at radius 3 is 2.23 bits per heavy atom. The number of carbonyl (C=O) groups is 1. The number of alkyl halides is 2. The van der Waals surface area contributed by atoms with Crippen molar-refractivity contribution in [3.8, 4) is 11.5 Å². The van der Waals surface area contributed by atoms with Crippen LogP contribution in [-0.2, 0) is 11.2 Å². The molecule has 0 spiro atoms. The second kappa shape index (κ2) is 8.17. The molecule has 1 atom stereocenters. The van der Waals surface area contributed by atoms with Gasteiger partial charge in [0.2, 0.25) is 5.91 Å². The standard InChI is InChI=1S/C20H21F2NO3/c1-25-16-10-6-15(7-11-16)19(14-4-5-14)23-18(24)12-13-2-8-17(9-3-13)26-20(21)22/h2-3,6-11,14,19-20H,4-5,12H2,1H3,(H,23,24). The summed E-state index contributed by atoms with van der Waals surface area (Å²) in [6.45, 7) is -2.85. The lowest BCUT2D eigenvalue weighted by molar-refractivity contribution is -0.121. The molecule has 2 aromatic rings. The number of carbonyl (C=O) groups excluding carboxylic acids is 1. The van der Waals surface area contributed by atoms with Crippen molar-refractivity contribution in [2.24, 2.45) is 5.92 Å². The zero-order valence-electron chi connectivity index (χ0n) is 14.5. The number of nitrogens with one attached hydrogen (secondary N) is 1. The lowest BCUT2D eigenvalue weighted by Gasteiger charge is -2.19. The fourth-order valence-electron chi connectivity index (χ4n) is 2.91. The van der Waals surface area contributed by atoms with Crippen molar-refractivity contribution < 1.29 is 23.0 Å². The summed E-state index contributed by atoms with van der Waals surface area (Å²) in [4.78, 5) is 12.4. The van der Waals surface area contributed by atoms with Crippen LogP contribution in [0.4, 0.5) is 8.78 Å². The molecule has 0 aliphatic heterocycles. The summed E-state index contributed by atoms with van der Waals surface area (Å²) in [7, 11) is 1.62. The first kappa shape index (κ1) is 18.2. The van der Waals surface area contributed by atoms with E-state index in [0.29, 0.717) is 5.92 Å². The molecule has 6 heteroatoms. The highest BCUT2D eigenvalue weighted by Crippen LogP contribution is 2.41. The van der Waals surface area contributed by atoms with E-state index >= 15 is 0 Å². The lowest BCUT2D eigenvalue weighted by Crippen LogP contribution is -2.31. The van der Waals surface area contributed by atoms with Gasteiger partial charge in [0.15, 0.2) is 0 Å². The van der Waals surface area contributed by atoms with E-state index in [4.69, 9.17) is 4.74 Å². The van der Waals surface area contributed by atoms with Crippen LogP contribution in [0.3, 0.4) is 0 Å². The van der Waals surface area contributed by atoms with Crippen LogP contribution in [0.1, 0.15) is 30.0 Å². The second-order valence-electron chi connectivity index (χ2n) is 6.36. The molecule has 1 fully saturated rings. The molecule has 26 heavy (non-hydrogen) atoms. The topological polar surface area (TPSA) is 47.6 Å². The highest BCUT2D eigenvalue weighted by molar-refractivity contribution is 5.79. The number of halogens is 2. The first-order chi connectivity index (χ1) is 12.5. The first-order valence-corrected chi connectivity index (χ1v) is 8.52. The number of hydrogen-bond donors (Lipinski definition) is 1. The van der Waals surface area contributed by atoms with Crippen LogP contribution in [-0.4, -0.2) is 19.6 Å². The predicted molar refractivity (Wildman–Crippen MR) is 93.4 cm³/mol. The van der Waals surface area contributed by atoms with E-state index in [9.17, 15) is 13.6 Å². The van der Waals surface area contributed by atoms with Gasteiger partial charge in [0.1, 0.15) is 11.5 Å². The van der Waals surface area contributed by atoms with E-state index in [0.717, 1.165) is 29.7 Å². The van der Waals surface area contributed by atoms with Gasteiger partial charge in [-0.2, -0.15) is 8.78 Å². The normalized spacial score (nSPS) is 14.8. The zero-order chi connectivity index (χ0) is 18.5. The van der Waals surface area contributed by atoms with Gasteiger partial charge in [0.05, 0.1) is 19.6 Å². The molecular formula is C20H21F2NO3. The molecule has 0 saturated heterocycles. The molecule has 0 aromatic heterocycles. The van der Waals surface area contributed by atoms with Crippen LogP contribution in [0.15, 0.2) is 48.5 Å². The van der Waals surface area contributed by atoms with Gasteiger partial charge in [-0.3, -0.25) is 4.79 Å². The summed E-state index contributed by atoms with van der Waals surface area (Å²) in [5, 5.41) is 3.10. The van der Waals surface area contributed by atoms with Crippen molar-refractivity contribution in [3.63, 3.8) is 0 Å². The third-order valence-electron chi connectivity index (χ3n) is 4.40. The third-order valence-corrected chi connectivity index (χ3v) is 4.40. The van der Waals surface area contributed by atoms with Gasteiger partial charge in [0, 0.05) is 0 Å². The number of rotatable bonds is 8. The Kier molecular flexibility index (Phi) is 5.71. The number of ether oxygens (including phenoxy) is 2. The first-order valence-electron chi connectivity index (χ1n) is 8.52. The minimum atomic E-state index is -2.85. The highest BCUT2D eigenvalue weighted by atomic mass is 19.3. The molecule has 138 valence electrons. The monoisotopic (exact) mass is 361 g/mol. The molecule has 1 aliphatic rings. The van der Waals surface area contributed by atoms with Crippen molar-refractivity contribution in [1.82, 2.24) is 5.32 Å². The molecule has 3 rings (SSSR count). The minimum absolute atomic E-state index is 0.0187. The number of benzene rings is 2. The summed E-state index contributed by atoms with van der Waals surface area (Å²) < 4.78 is 33.8. The quantitative estimate of drug-likeness (QED) is 0.770. The minimum Gasteiger partial charge on any atom is -0.497 e. The Balaban J connectivity index is 1.61. The zero-order valence-corrected chi connectivity index (χ0v) is 14.5. The van der Waals surface area contributed by atoms with Gasteiger partial charge in [-0.05, 0) is 54.2 Å². The molecule has 0 bridgehead atoms. The second-order valence-corrected chi connectivity index (χ2v) is 6.36. The van der Waals surface area contributed by atoms with Gasteiger partial charge < -0.3 is 14.8 Å². The Morgan fingerprint density at radius 2 is 1.69 bits per heavy atom. The summed E-state index contributed by atoms with van der Waals surface area (Å²) in [5.41, 5.74) is 1.80. The average molecular weight is 361 g/mol. The van der Waals surface area contributed by atoms with Crippen molar-refractivity contribution in [3.05, 3.63) is 59.7 Å². The molecule has 4 nitrogen and oxygen atoms in total. The molecular weight excluding hydrogens is 340 g/mol. The van der Waals surface area contributed by atoms with Crippen LogP contribution < -0.4 is 14.8 Å². The molecule has 0 heterocycles. The van der Waals surface area contributed by atoms with Gasteiger partial charge in [-0.25, -0.2) is 0 Å². The van der Waals surface area contributed by atoms with Crippen molar-refractivity contribution in [1.29, 1.82) is 0 Å². The molecule has 1 N–H and O–H groups in total. The third kappa shape index (κ3) is 4.94. The van der Waals surface area contributed by atoms with E-state index in [1.165, 1.54) is 12.1 Å². The maximum atomic E-state index is 12.4. The number of hydrogen-bond acceptors (Lipinski definition) is 3. The molecule has 2 aromatic carbocycles. The Labute approximate surface area is 151 Å². The van der Waals surface area contributed by atoms with Crippen LogP contribution >= 0.6 is 0 Å². The van der Waals surface area contributed by atoms with Gasteiger partial charge in [-0.1, -0.05) is 24.3 Å².